The van der Waals surface area contributed by atoms with Gasteiger partial charge < -0.3 is 16.0 Å². The summed E-state index contributed by atoms with van der Waals surface area (Å²) < 4.78 is 0. The number of hydrogen-bond acceptors (Lipinski definition) is 3. The second-order valence-corrected chi connectivity index (χ2v) is 5.46. The molecule has 24 heavy (non-hydrogen) atoms. The minimum Gasteiger partial charge on any atom is -0.399 e. The first-order chi connectivity index (χ1) is 10.6. The van der Waals surface area contributed by atoms with Crippen LogP contribution in [0.15, 0.2) is 54.6 Å². The maximum absolute atomic E-state index is 12.0. The third kappa shape index (κ3) is 7.68. The predicted octanol–water partition coefficient (Wildman–Crippen LogP) is 3.36. The average molecular weight is 370 g/mol. The van der Waals surface area contributed by atoms with Crippen molar-refractivity contribution in [3.8, 4) is 0 Å². The Hall–Kier alpha value is -1.75. The molecular formula is C18H25Cl2N3O. The van der Waals surface area contributed by atoms with E-state index in [9.17, 15) is 4.79 Å². The monoisotopic (exact) mass is 369 g/mol. The van der Waals surface area contributed by atoms with E-state index in [1.165, 1.54) is 5.56 Å². The molecule has 2 rings (SSSR count). The summed E-state index contributed by atoms with van der Waals surface area (Å²) in [4.78, 5) is 14.2. The van der Waals surface area contributed by atoms with Crippen molar-refractivity contribution in [2.24, 2.45) is 0 Å². The number of hydrogen-bond donors (Lipinski definition) is 2. The summed E-state index contributed by atoms with van der Waals surface area (Å²) >= 11 is 0. The average Bonchev–Trinajstić information content (AvgIpc) is 2.52. The molecule has 0 spiro atoms. The third-order valence-electron chi connectivity index (χ3n) is 3.45. The Morgan fingerprint density at radius 3 is 2.46 bits per heavy atom. The first-order valence-corrected chi connectivity index (χ1v) is 7.51. The van der Waals surface area contributed by atoms with Crippen LogP contribution in [0.4, 0.5) is 5.69 Å². The largest absolute Gasteiger partial charge is 0.399 e. The molecule has 0 saturated heterocycles. The molecule has 0 saturated carbocycles. The van der Waals surface area contributed by atoms with Crippen LogP contribution in [0.25, 0.3) is 0 Å². The molecule has 0 heterocycles. The van der Waals surface area contributed by atoms with Crippen molar-refractivity contribution >= 4 is 36.4 Å². The van der Waals surface area contributed by atoms with Crippen molar-refractivity contribution in [2.75, 3.05) is 25.9 Å². The number of amides is 1. The first-order valence-electron chi connectivity index (χ1n) is 7.51. The van der Waals surface area contributed by atoms with Crippen molar-refractivity contribution in [3.05, 3.63) is 65.7 Å². The van der Waals surface area contributed by atoms with Gasteiger partial charge in [-0.25, -0.2) is 0 Å². The van der Waals surface area contributed by atoms with Crippen LogP contribution in [-0.2, 0) is 6.54 Å². The van der Waals surface area contributed by atoms with Gasteiger partial charge in [-0.1, -0.05) is 36.4 Å². The van der Waals surface area contributed by atoms with E-state index in [0.717, 1.165) is 19.5 Å². The molecule has 0 aliphatic rings. The molecule has 0 aliphatic carbocycles. The van der Waals surface area contributed by atoms with Crippen LogP contribution in [0.5, 0.6) is 0 Å². The number of carbonyl (C=O) groups is 1. The van der Waals surface area contributed by atoms with Gasteiger partial charge in [-0.2, -0.15) is 0 Å². The SMILES string of the molecule is CN(CCCNC(=O)c1cccc(N)c1)Cc1ccccc1.Cl.Cl. The van der Waals surface area contributed by atoms with E-state index in [2.05, 4.69) is 41.5 Å². The van der Waals surface area contributed by atoms with Crippen molar-refractivity contribution in [1.82, 2.24) is 10.2 Å². The lowest BCUT2D eigenvalue weighted by molar-refractivity contribution is 0.0952. The van der Waals surface area contributed by atoms with Gasteiger partial charge in [-0.05, 0) is 43.8 Å². The van der Waals surface area contributed by atoms with Crippen LogP contribution < -0.4 is 11.1 Å². The molecule has 0 unspecified atom stereocenters. The number of rotatable bonds is 7. The molecule has 132 valence electrons. The van der Waals surface area contributed by atoms with E-state index in [4.69, 9.17) is 5.73 Å². The van der Waals surface area contributed by atoms with Gasteiger partial charge in [0.25, 0.3) is 5.91 Å². The van der Waals surface area contributed by atoms with E-state index in [1.54, 1.807) is 24.3 Å². The molecule has 0 radical (unpaired) electrons. The standard InChI is InChI=1S/C18H23N3O.2ClH/c1-21(14-15-7-3-2-4-8-15)12-6-11-20-18(22)16-9-5-10-17(19)13-16;;/h2-5,7-10,13H,6,11-12,14,19H2,1H3,(H,20,22);2*1H. The fourth-order valence-electron chi connectivity index (χ4n) is 2.31. The third-order valence-corrected chi connectivity index (χ3v) is 3.45. The van der Waals surface area contributed by atoms with E-state index >= 15 is 0 Å². The smallest absolute Gasteiger partial charge is 0.251 e. The van der Waals surface area contributed by atoms with E-state index in [1.807, 2.05) is 6.07 Å². The molecule has 2 aromatic rings. The Labute approximate surface area is 156 Å². The number of nitrogen functional groups attached to an aromatic ring is 1. The molecule has 6 heteroatoms. The van der Waals surface area contributed by atoms with Crippen LogP contribution >= 0.6 is 24.8 Å². The van der Waals surface area contributed by atoms with Crippen molar-refractivity contribution < 1.29 is 4.79 Å². The molecule has 0 bridgehead atoms. The van der Waals surface area contributed by atoms with Crippen LogP contribution in [-0.4, -0.2) is 30.9 Å². The summed E-state index contributed by atoms with van der Waals surface area (Å²) in [5, 5.41) is 2.92. The Balaban J connectivity index is 0.00000264. The number of carbonyl (C=O) groups excluding carboxylic acids is 1. The molecular weight excluding hydrogens is 345 g/mol. The molecule has 0 aromatic heterocycles. The molecule has 1 amide bonds. The number of halogens is 2. The minimum atomic E-state index is -0.0713. The highest BCUT2D eigenvalue weighted by Gasteiger charge is 2.05. The number of nitrogens with zero attached hydrogens (tertiary/aromatic N) is 1. The van der Waals surface area contributed by atoms with Gasteiger partial charge in [0.05, 0.1) is 0 Å². The van der Waals surface area contributed by atoms with Gasteiger partial charge in [0.2, 0.25) is 0 Å². The van der Waals surface area contributed by atoms with Crippen molar-refractivity contribution in [3.63, 3.8) is 0 Å². The van der Waals surface area contributed by atoms with Gasteiger partial charge in [-0.15, -0.1) is 24.8 Å². The fraction of sp³-hybridized carbons (Fsp3) is 0.278. The molecule has 0 aliphatic heterocycles. The van der Waals surface area contributed by atoms with Crippen LogP contribution in [0.3, 0.4) is 0 Å². The highest BCUT2D eigenvalue weighted by Crippen LogP contribution is 2.06. The number of nitrogens with two attached hydrogens (primary N) is 1. The lowest BCUT2D eigenvalue weighted by atomic mass is 10.2. The summed E-state index contributed by atoms with van der Waals surface area (Å²) in [5.74, 6) is -0.0713. The van der Waals surface area contributed by atoms with E-state index in [0.29, 0.717) is 17.8 Å². The van der Waals surface area contributed by atoms with Gasteiger partial charge >= 0.3 is 0 Å². The second kappa shape index (κ2) is 11.7. The van der Waals surface area contributed by atoms with Crippen LogP contribution in [0, 0.1) is 0 Å². The Kier molecular flexibility index (Phi) is 10.9. The van der Waals surface area contributed by atoms with Gasteiger partial charge in [0, 0.05) is 24.3 Å². The highest BCUT2D eigenvalue weighted by atomic mass is 35.5. The number of nitrogens with one attached hydrogen (secondary N) is 1. The topological polar surface area (TPSA) is 58.4 Å². The van der Waals surface area contributed by atoms with Crippen molar-refractivity contribution in [1.29, 1.82) is 0 Å². The zero-order valence-corrected chi connectivity index (χ0v) is 15.4. The summed E-state index contributed by atoms with van der Waals surface area (Å²) in [6.45, 7) is 2.52. The maximum Gasteiger partial charge on any atom is 0.251 e. The molecule has 0 atom stereocenters. The quantitative estimate of drug-likeness (QED) is 0.580. The summed E-state index contributed by atoms with van der Waals surface area (Å²) in [6, 6.07) is 17.4. The van der Waals surface area contributed by atoms with Crippen LogP contribution in [0.2, 0.25) is 0 Å². The van der Waals surface area contributed by atoms with Gasteiger partial charge in [0.15, 0.2) is 0 Å². The lowest BCUT2D eigenvalue weighted by Crippen LogP contribution is -2.28. The Bertz CT molecular complexity index is 608. The summed E-state index contributed by atoms with van der Waals surface area (Å²) in [5.41, 5.74) is 8.19. The molecule has 2 aromatic carbocycles. The predicted molar refractivity (Wildman–Crippen MR) is 105 cm³/mol. The van der Waals surface area contributed by atoms with E-state index in [-0.39, 0.29) is 30.7 Å². The Morgan fingerprint density at radius 2 is 1.79 bits per heavy atom. The fourth-order valence-corrected chi connectivity index (χ4v) is 2.31. The Morgan fingerprint density at radius 1 is 1.08 bits per heavy atom. The maximum atomic E-state index is 12.0. The normalized spacial score (nSPS) is 9.75. The zero-order chi connectivity index (χ0) is 15.8. The van der Waals surface area contributed by atoms with Crippen LogP contribution in [0.1, 0.15) is 22.3 Å². The first kappa shape index (κ1) is 22.2. The number of benzene rings is 2. The molecule has 0 fully saturated rings. The number of anilines is 1. The van der Waals surface area contributed by atoms with E-state index < -0.39 is 0 Å². The van der Waals surface area contributed by atoms with Gasteiger partial charge in [-0.3, -0.25) is 4.79 Å². The summed E-state index contributed by atoms with van der Waals surface area (Å²) in [6.07, 6.45) is 0.914. The van der Waals surface area contributed by atoms with Gasteiger partial charge in [0.1, 0.15) is 0 Å². The summed E-state index contributed by atoms with van der Waals surface area (Å²) in [7, 11) is 2.09. The lowest BCUT2D eigenvalue weighted by Gasteiger charge is -2.16. The molecule has 4 nitrogen and oxygen atoms in total. The zero-order valence-electron chi connectivity index (χ0n) is 13.8. The highest BCUT2D eigenvalue weighted by molar-refractivity contribution is 5.94. The van der Waals surface area contributed by atoms with Crippen molar-refractivity contribution in [2.45, 2.75) is 13.0 Å². The minimum absolute atomic E-state index is 0. The molecule has 3 N–H and O–H groups in total. The second-order valence-electron chi connectivity index (χ2n) is 5.46.